The average molecular weight is 286 g/mol. The minimum atomic E-state index is -3.54. The molecular formula is C12H22N4O2S. The standard InChI is InChI=1S/C12H22N4O2S/c1-12(2)5-4-7-16(8-6-12)19(17,18)11-10(13)14-9-15(11)3/h9H,4-8,13H2,1-3H3. The number of imidazole rings is 1. The molecule has 2 heterocycles. The zero-order valence-corrected chi connectivity index (χ0v) is 12.6. The van der Waals surface area contributed by atoms with Crippen LogP contribution in [0.5, 0.6) is 0 Å². The molecule has 2 N–H and O–H groups in total. The third-order valence-electron chi connectivity index (χ3n) is 3.79. The highest BCUT2D eigenvalue weighted by atomic mass is 32.2. The summed E-state index contributed by atoms with van der Waals surface area (Å²) in [6.45, 7) is 5.46. The van der Waals surface area contributed by atoms with Crippen LogP contribution in [-0.2, 0) is 17.1 Å². The fourth-order valence-corrected chi connectivity index (χ4v) is 4.19. The summed E-state index contributed by atoms with van der Waals surface area (Å²) in [7, 11) is -1.89. The lowest BCUT2D eigenvalue weighted by molar-refractivity contribution is 0.314. The fraction of sp³-hybridized carbons (Fsp3) is 0.750. The van der Waals surface area contributed by atoms with Crippen LogP contribution in [0.15, 0.2) is 11.4 Å². The van der Waals surface area contributed by atoms with E-state index in [1.807, 2.05) is 0 Å². The molecule has 108 valence electrons. The molecule has 0 spiro atoms. The first-order valence-corrected chi connectivity index (χ1v) is 7.95. The molecule has 1 aromatic heterocycles. The molecule has 2 rings (SSSR count). The molecule has 0 aromatic carbocycles. The molecule has 1 aliphatic rings. The third kappa shape index (κ3) is 2.76. The van der Waals surface area contributed by atoms with E-state index in [9.17, 15) is 8.42 Å². The van der Waals surface area contributed by atoms with Crippen molar-refractivity contribution in [3.63, 3.8) is 0 Å². The van der Waals surface area contributed by atoms with E-state index >= 15 is 0 Å². The maximum atomic E-state index is 12.6. The highest BCUT2D eigenvalue weighted by Crippen LogP contribution is 2.32. The Morgan fingerprint density at radius 3 is 2.58 bits per heavy atom. The molecule has 0 amide bonds. The van der Waals surface area contributed by atoms with Crippen LogP contribution in [0.4, 0.5) is 5.82 Å². The van der Waals surface area contributed by atoms with Gasteiger partial charge in [-0.05, 0) is 24.7 Å². The molecule has 1 aromatic rings. The maximum Gasteiger partial charge on any atom is 0.262 e. The van der Waals surface area contributed by atoms with E-state index < -0.39 is 10.0 Å². The van der Waals surface area contributed by atoms with Gasteiger partial charge >= 0.3 is 0 Å². The lowest BCUT2D eigenvalue weighted by Gasteiger charge is -2.23. The van der Waals surface area contributed by atoms with Gasteiger partial charge in [-0.2, -0.15) is 4.31 Å². The van der Waals surface area contributed by atoms with Crippen molar-refractivity contribution in [2.45, 2.75) is 38.1 Å². The van der Waals surface area contributed by atoms with Crippen molar-refractivity contribution in [2.75, 3.05) is 18.8 Å². The molecule has 1 fully saturated rings. The number of anilines is 1. The summed E-state index contributed by atoms with van der Waals surface area (Å²) in [5, 5.41) is 0.104. The predicted octanol–water partition coefficient (Wildman–Crippen LogP) is 1.20. The molecule has 19 heavy (non-hydrogen) atoms. The Bertz CT molecular complexity index is 543. The summed E-state index contributed by atoms with van der Waals surface area (Å²) in [6, 6.07) is 0. The first-order valence-electron chi connectivity index (χ1n) is 6.51. The summed E-state index contributed by atoms with van der Waals surface area (Å²) < 4.78 is 28.3. The Morgan fingerprint density at radius 1 is 1.32 bits per heavy atom. The number of aryl methyl sites for hydroxylation is 1. The van der Waals surface area contributed by atoms with E-state index in [1.54, 1.807) is 7.05 Å². The van der Waals surface area contributed by atoms with Gasteiger partial charge in [0.05, 0.1) is 6.33 Å². The Kier molecular flexibility index (Phi) is 3.61. The number of hydrogen-bond donors (Lipinski definition) is 1. The smallest absolute Gasteiger partial charge is 0.262 e. The van der Waals surface area contributed by atoms with Gasteiger partial charge in [-0.25, -0.2) is 13.4 Å². The summed E-state index contributed by atoms with van der Waals surface area (Å²) in [4.78, 5) is 3.86. The first-order chi connectivity index (χ1) is 8.74. The van der Waals surface area contributed by atoms with Crippen LogP contribution >= 0.6 is 0 Å². The summed E-state index contributed by atoms with van der Waals surface area (Å²) in [6.07, 6.45) is 4.22. The van der Waals surface area contributed by atoms with E-state index in [-0.39, 0.29) is 16.3 Å². The molecule has 7 heteroatoms. The van der Waals surface area contributed by atoms with E-state index in [4.69, 9.17) is 5.73 Å². The highest BCUT2D eigenvalue weighted by Gasteiger charge is 2.33. The SMILES string of the molecule is Cn1cnc(N)c1S(=O)(=O)N1CCCC(C)(C)CC1. The van der Waals surface area contributed by atoms with Crippen LogP contribution < -0.4 is 5.73 Å². The lowest BCUT2D eigenvalue weighted by atomic mass is 9.85. The van der Waals surface area contributed by atoms with Gasteiger partial charge in [0.2, 0.25) is 0 Å². The number of hydrogen-bond acceptors (Lipinski definition) is 4. The Labute approximate surface area is 114 Å². The molecule has 0 atom stereocenters. The minimum Gasteiger partial charge on any atom is -0.381 e. The van der Waals surface area contributed by atoms with Crippen LogP contribution in [-0.4, -0.2) is 35.4 Å². The zero-order chi connectivity index (χ0) is 14.3. The topological polar surface area (TPSA) is 81.2 Å². The molecule has 0 aliphatic carbocycles. The van der Waals surface area contributed by atoms with Gasteiger partial charge in [-0.15, -0.1) is 0 Å². The number of aromatic nitrogens is 2. The molecule has 0 radical (unpaired) electrons. The number of nitrogens with two attached hydrogens (primary N) is 1. The van der Waals surface area contributed by atoms with Gasteiger partial charge in [0.25, 0.3) is 10.0 Å². The normalized spacial score (nSPS) is 21.2. The Balaban J connectivity index is 2.31. The van der Waals surface area contributed by atoms with Crippen molar-refractivity contribution in [2.24, 2.45) is 12.5 Å². The summed E-state index contributed by atoms with van der Waals surface area (Å²) in [5.41, 5.74) is 5.89. The van der Waals surface area contributed by atoms with E-state index in [0.717, 1.165) is 19.3 Å². The molecule has 6 nitrogen and oxygen atoms in total. The van der Waals surface area contributed by atoms with E-state index in [1.165, 1.54) is 15.2 Å². The number of rotatable bonds is 2. The van der Waals surface area contributed by atoms with Crippen LogP contribution in [0.3, 0.4) is 0 Å². The molecule has 0 saturated carbocycles. The van der Waals surface area contributed by atoms with Crippen molar-refractivity contribution in [3.05, 3.63) is 6.33 Å². The van der Waals surface area contributed by atoms with Crippen molar-refractivity contribution in [3.8, 4) is 0 Å². The monoisotopic (exact) mass is 286 g/mol. The molecule has 1 aliphatic heterocycles. The highest BCUT2D eigenvalue weighted by molar-refractivity contribution is 7.89. The van der Waals surface area contributed by atoms with Crippen LogP contribution in [0.2, 0.25) is 0 Å². The van der Waals surface area contributed by atoms with E-state index in [2.05, 4.69) is 18.8 Å². The van der Waals surface area contributed by atoms with Gasteiger partial charge < -0.3 is 10.3 Å². The van der Waals surface area contributed by atoms with Crippen LogP contribution in [0.25, 0.3) is 0 Å². The van der Waals surface area contributed by atoms with Crippen LogP contribution in [0, 0.1) is 5.41 Å². The predicted molar refractivity (Wildman–Crippen MR) is 74.0 cm³/mol. The number of sulfonamides is 1. The van der Waals surface area contributed by atoms with Gasteiger partial charge in [0, 0.05) is 20.1 Å². The van der Waals surface area contributed by atoms with Gasteiger partial charge in [0.1, 0.15) is 0 Å². The molecule has 1 saturated heterocycles. The fourth-order valence-electron chi connectivity index (χ4n) is 2.51. The quantitative estimate of drug-likeness (QED) is 0.886. The maximum absolute atomic E-state index is 12.6. The van der Waals surface area contributed by atoms with Crippen molar-refractivity contribution >= 4 is 15.8 Å². The minimum absolute atomic E-state index is 0.0750. The van der Waals surface area contributed by atoms with Gasteiger partial charge in [-0.3, -0.25) is 0 Å². The molecule has 0 bridgehead atoms. The Morgan fingerprint density at radius 2 is 2.00 bits per heavy atom. The summed E-state index contributed by atoms with van der Waals surface area (Å²) >= 11 is 0. The second-order valence-corrected chi connectivity index (χ2v) is 7.82. The largest absolute Gasteiger partial charge is 0.381 e. The first kappa shape index (κ1) is 14.3. The third-order valence-corrected chi connectivity index (χ3v) is 5.82. The average Bonchev–Trinajstić information content (AvgIpc) is 2.52. The number of nitrogen functional groups attached to an aromatic ring is 1. The van der Waals surface area contributed by atoms with Gasteiger partial charge in [-0.1, -0.05) is 13.8 Å². The summed E-state index contributed by atoms with van der Waals surface area (Å²) in [5.74, 6) is 0.0750. The van der Waals surface area contributed by atoms with Crippen LogP contribution in [0.1, 0.15) is 33.1 Å². The van der Waals surface area contributed by atoms with Gasteiger partial charge in [0.15, 0.2) is 10.8 Å². The van der Waals surface area contributed by atoms with Crippen molar-refractivity contribution < 1.29 is 8.42 Å². The van der Waals surface area contributed by atoms with Crippen molar-refractivity contribution in [1.82, 2.24) is 13.9 Å². The molecular weight excluding hydrogens is 264 g/mol. The zero-order valence-electron chi connectivity index (χ0n) is 11.8. The lowest BCUT2D eigenvalue weighted by Crippen LogP contribution is -2.34. The second kappa shape index (κ2) is 4.79. The Hall–Kier alpha value is -1.08. The number of nitrogens with zero attached hydrogens (tertiary/aromatic N) is 3. The van der Waals surface area contributed by atoms with Crippen molar-refractivity contribution in [1.29, 1.82) is 0 Å². The molecule has 0 unspecified atom stereocenters. The second-order valence-electron chi connectivity index (χ2n) is 5.97. The van der Waals surface area contributed by atoms with E-state index in [0.29, 0.717) is 13.1 Å².